The molecule has 0 saturated carbocycles. The van der Waals surface area contributed by atoms with Crippen LogP contribution in [-0.2, 0) is 9.53 Å². The molecule has 2 aromatic rings. The van der Waals surface area contributed by atoms with E-state index in [9.17, 15) is 4.79 Å². The number of hydrogen-bond donors (Lipinski definition) is 1. The summed E-state index contributed by atoms with van der Waals surface area (Å²) in [6, 6.07) is 9.75. The fourth-order valence-corrected chi connectivity index (χ4v) is 2.64. The number of nitrogens with zero attached hydrogens (tertiary/aromatic N) is 3. The monoisotopic (exact) mass is 330 g/mol. The zero-order valence-electron chi connectivity index (χ0n) is 13.9. The number of rotatable bonds is 5. The van der Waals surface area contributed by atoms with Gasteiger partial charge in [-0.25, -0.2) is 0 Å². The van der Waals surface area contributed by atoms with Crippen molar-refractivity contribution in [3.05, 3.63) is 36.2 Å². The molecule has 1 aromatic heterocycles. The predicted octanol–water partition coefficient (Wildman–Crippen LogP) is 1.63. The highest BCUT2D eigenvalue weighted by Gasteiger charge is 2.27. The first-order valence-electron chi connectivity index (χ1n) is 8.14. The van der Waals surface area contributed by atoms with Crippen LogP contribution in [0, 0.1) is 0 Å². The van der Waals surface area contributed by atoms with Crippen molar-refractivity contribution in [3.63, 3.8) is 0 Å². The lowest BCUT2D eigenvalue weighted by Crippen LogP contribution is -2.45. The third-order valence-corrected chi connectivity index (χ3v) is 3.72. The van der Waals surface area contributed by atoms with Gasteiger partial charge in [0.1, 0.15) is 6.10 Å². The van der Waals surface area contributed by atoms with Crippen molar-refractivity contribution in [1.82, 2.24) is 20.4 Å². The molecule has 3 rings (SSSR count). The minimum Gasteiger partial charge on any atom is -0.367 e. The van der Waals surface area contributed by atoms with E-state index in [0.29, 0.717) is 38.0 Å². The lowest BCUT2D eigenvalue weighted by molar-refractivity contribution is -0.125. The van der Waals surface area contributed by atoms with Crippen molar-refractivity contribution in [3.8, 4) is 11.5 Å². The van der Waals surface area contributed by atoms with Crippen LogP contribution in [0.3, 0.4) is 0 Å². The van der Waals surface area contributed by atoms with Gasteiger partial charge in [-0.15, -0.1) is 0 Å². The second-order valence-electron chi connectivity index (χ2n) is 6.14. The topological polar surface area (TPSA) is 80.5 Å². The maximum atomic E-state index is 11.9. The molecule has 7 heteroatoms. The lowest BCUT2D eigenvalue weighted by Gasteiger charge is -2.30. The Morgan fingerprint density at radius 1 is 1.38 bits per heavy atom. The molecule has 1 aliphatic heterocycles. The first-order chi connectivity index (χ1) is 11.6. The van der Waals surface area contributed by atoms with Gasteiger partial charge in [-0.05, 0) is 26.0 Å². The van der Waals surface area contributed by atoms with Crippen LogP contribution in [0.4, 0.5) is 0 Å². The summed E-state index contributed by atoms with van der Waals surface area (Å²) in [7, 11) is 0. The number of nitrogens with one attached hydrogen (secondary N) is 1. The SMILES string of the molecule is CC(C)NC(=O)CN1CCO[C@@H](c2noc(-c3ccccc3)n2)C1. The Labute approximate surface area is 141 Å². The van der Waals surface area contributed by atoms with Gasteiger partial charge in [0, 0.05) is 24.7 Å². The maximum absolute atomic E-state index is 11.9. The molecular weight excluding hydrogens is 308 g/mol. The van der Waals surface area contributed by atoms with Gasteiger partial charge in [-0.2, -0.15) is 4.98 Å². The Kier molecular flexibility index (Phi) is 5.22. The summed E-state index contributed by atoms with van der Waals surface area (Å²) in [6.07, 6.45) is -0.285. The number of aromatic nitrogens is 2. The fourth-order valence-electron chi connectivity index (χ4n) is 2.64. The lowest BCUT2D eigenvalue weighted by atomic mass is 10.2. The van der Waals surface area contributed by atoms with E-state index in [2.05, 4.69) is 15.5 Å². The Bertz CT molecular complexity index is 671. The van der Waals surface area contributed by atoms with E-state index in [0.717, 1.165) is 5.56 Å². The molecule has 0 bridgehead atoms. The van der Waals surface area contributed by atoms with Gasteiger partial charge in [0.15, 0.2) is 0 Å². The highest BCUT2D eigenvalue weighted by atomic mass is 16.5. The average molecular weight is 330 g/mol. The van der Waals surface area contributed by atoms with Crippen LogP contribution in [0.25, 0.3) is 11.5 Å². The number of carbonyl (C=O) groups is 1. The van der Waals surface area contributed by atoms with Crippen LogP contribution in [0.5, 0.6) is 0 Å². The van der Waals surface area contributed by atoms with Crippen molar-refractivity contribution in [2.75, 3.05) is 26.2 Å². The molecule has 24 heavy (non-hydrogen) atoms. The fraction of sp³-hybridized carbons (Fsp3) is 0.471. The van der Waals surface area contributed by atoms with Gasteiger partial charge < -0.3 is 14.6 Å². The van der Waals surface area contributed by atoms with Crippen molar-refractivity contribution in [2.24, 2.45) is 0 Å². The Hall–Kier alpha value is -2.25. The molecule has 1 aromatic carbocycles. The predicted molar refractivity (Wildman–Crippen MR) is 88.1 cm³/mol. The summed E-state index contributed by atoms with van der Waals surface area (Å²) in [6.45, 7) is 6.07. The standard InChI is InChI=1S/C17H22N4O3/c1-12(2)18-15(22)11-21-8-9-23-14(10-21)16-19-17(24-20-16)13-6-4-3-5-7-13/h3-7,12,14H,8-11H2,1-2H3,(H,18,22)/t14-/m1/s1. The minimum atomic E-state index is -0.285. The zero-order valence-corrected chi connectivity index (χ0v) is 13.9. The Morgan fingerprint density at radius 3 is 2.92 bits per heavy atom. The minimum absolute atomic E-state index is 0.0173. The van der Waals surface area contributed by atoms with Crippen molar-refractivity contribution in [2.45, 2.75) is 26.0 Å². The average Bonchev–Trinajstić information content (AvgIpc) is 3.05. The van der Waals surface area contributed by atoms with E-state index in [4.69, 9.17) is 9.26 Å². The maximum Gasteiger partial charge on any atom is 0.258 e. The van der Waals surface area contributed by atoms with E-state index in [1.807, 2.05) is 49.1 Å². The molecular formula is C17H22N4O3. The number of benzene rings is 1. The summed E-state index contributed by atoms with van der Waals surface area (Å²) in [5, 5.41) is 6.94. The zero-order chi connectivity index (χ0) is 16.9. The molecule has 0 unspecified atom stereocenters. The molecule has 1 amide bonds. The normalized spacial score (nSPS) is 18.7. The van der Waals surface area contributed by atoms with E-state index >= 15 is 0 Å². The summed E-state index contributed by atoms with van der Waals surface area (Å²) < 4.78 is 11.1. The van der Waals surface area contributed by atoms with Crippen molar-refractivity contribution < 1.29 is 14.1 Å². The number of morpholine rings is 1. The molecule has 7 nitrogen and oxygen atoms in total. The summed E-state index contributed by atoms with van der Waals surface area (Å²) in [5.41, 5.74) is 0.875. The summed E-state index contributed by atoms with van der Waals surface area (Å²) in [5.74, 6) is 1.01. The van der Waals surface area contributed by atoms with E-state index < -0.39 is 0 Å². The molecule has 1 N–H and O–H groups in total. The van der Waals surface area contributed by atoms with Crippen LogP contribution >= 0.6 is 0 Å². The molecule has 1 saturated heterocycles. The van der Waals surface area contributed by atoms with Crippen LogP contribution < -0.4 is 5.32 Å². The van der Waals surface area contributed by atoms with E-state index in [1.54, 1.807) is 0 Å². The van der Waals surface area contributed by atoms with Crippen molar-refractivity contribution in [1.29, 1.82) is 0 Å². The number of ether oxygens (including phenoxy) is 1. The van der Waals surface area contributed by atoms with Gasteiger partial charge in [0.2, 0.25) is 11.7 Å². The molecule has 2 heterocycles. The second-order valence-corrected chi connectivity index (χ2v) is 6.14. The van der Waals surface area contributed by atoms with Crippen LogP contribution in [0.2, 0.25) is 0 Å². The summed E-state index contributed by atoms with van der Waals surface area (Å²) in [4.78, 5) is 18.4. The highest BCUT2D eigenvalue weighted by Crippen LogP contribution is 2.23. The molecule has 128 valence electrons. The Morgan fingerprint density at radius 2 is 2.17 bits per heavy atom. The third kappa shape index (κ3) is 4.18. The quantitative estimate of drug-likeness (QED) is 0.897. The van der Waals surface area contributed by atoms with Crippen LogP contribution in [0.1, 0.15) is 25.8 Å². The summed E-state index contributed by atoms with van der Waals surface area (Å²) >= 11 is 0. The first kappa shape index (κ1) is 16.6. The van der Waals surface area contributed by atoms with Gasteiger partial charge in [-0.3, -0.25) is 9.69 Å². The number of amides is 1. The van der Waals surface area contributed by atoms with Gasteiger partial charge >= 0.3 is 0 Å². The first-order valence-corrected chi connectivity index (χ1v) is 8.14. The van der Waals surface area contributed by atoms with E-state index in [-0.39, 0.29) is 18.1 Å². The second kappa shape index (κ2) is 7.55. The number of carbonyl (C=O) groups excluding carboxylic acids is 1. The largest absolute Gasteiger partial charge is 0.367 e. The third-order valence-electron chi connectivity index (χ3n) is 3.72. The smallest absolute Gasteiger partial charge is 0.258 e. The van der Waals surface area contributed by atoms with Gasteiger partial charge in [-0.1, -0.05) is 23.4 Å². The van der Waals surface area contributed by atoms with Crippen LogP contribution in [-0.4, -0.2) is 53.2 Å². The van der Waals surface area contributed by atoms with Gasteiger partial charge in [0.25, 0.3) is 5.89 Å². The highest BCUT2D eigenvalue weighted by molar-refractivity contribution is 5.78. The molecule has 0 radical (unpaired) electrons. The molecule has 1 fully saturated rings. The number of hydrogen-bond acceptors (Lipinski definition) is 6. The van der Waals surface area contributed by atoms with Gasteiger partial charge in [0.05, 0.1) is 13.2 Å². The van der Waals surface area contributed by atoms with E-state index in [1.165, 1.54) is 0 Å². The molecule has 1 aliphatic rings. The Balaban J connectivity index is 1.63. The molecule has 0 aliphatic carbocycles. The molecule has 0 spiro atoms. The van der Waals surface area contributed by atoms with Crippen molar-refractivity contribution >= 4 is 5.91 Å². The van der Waals surface area contributed by atoms with Crippen LogP contribution in [0.15, 0.2) is 34.9 Å². The molecule has 1 atom stereocenters.